The highest BCUT2D eigenvalue weighted by atomic mass is 35.5. The highest BCUT2D eigenvalue weighted by Gasteiger charge is 2.01. The van der Waals surface area contributed by atoms with Gasteiger partial charge in [0.1, 0.15) is 6.61 Å². The summed E-state index contributed by atoms with van der Waals surface area (Å²) in [6.07, 6.45) is 1.51. The summed E-state index contributed by atoms with van der Waals surface area (Å²) in [5.74, 6) is 0. The van der Waals surface area contributed by atoms with Gasteiger partial charge >= 0.3 is 0 Å². The van der Waals surface area contributed by atoms with Gasteiger partial charge in [-0.1, -0.05) is 34.4 Å². The van der Waals surface area contributed by atoms with Crippen LogP contribution >= 0.6 is 23.2 Å². The largest absolute Gasteiger partial charge is 0.396 e. The molecule has 0 N–H and O–H groups in total. The first-order valence-electron chi connectivity index (χ1n) is 3.85. The fourth-order valence-corrected chi connectivity index (χ4v) is 1.29. The molecule has 1 aromatic rings. The van der Waals surface area contributed by atoms with E-state index in [0.29, 0.717) is 22.2 Å². The number of hydrogen-bond acceptors (Lipinski definition) is 2. The summed E-state index contributed by atoms with van der Waals surface area (Å²) in [5, 5.41) is 4.82. The van der Waals surface area contributed by atoms with Gasteiger partial charge in [0.25, 0.3) is 0 Å². The molecule has 0 spiro atoms. The second kappa shape index (κ2) is 5.10. The quantitative estimate of drug-likeness (QED) is 0.563. The molecule has 0 aliphatic carbocycles. The molecular formula is C9H9Cl2NO. The molecule has 0 fully saturated rings. The van der Waals surface area contributed by atoms with Crippen LogP contribution in [0.5, 0.6) is 0 Å². The molecule has 0 radical (unpaired) electrons. The lowest BCUT2D eigenvalue weighted by molar-refractivity contribution is 0.160. The third-order valence-electron chi connectivity index (χ3n) is 1.39. The summed E-state index contributed by atoms with van der Waals surface area (Å²) >= 11 is 11.8. The Morgan fingerprint density at radius 1 is 1.38 bits per heavy atom. The van der Waals surface area contributed by atoms with Crippen LogP contribution in [-0.2, 0) is 4.84 Å². The maximum atomic E-state index is 5.88. The highest BCUT2D eigenvalue weighted by molar-refractivity contribution is 6.38. The van der Waals surface area contributed by atoms with Gasteiger partial charge in [0.15, 0.2) is 0 Å². The number of oxime groups is 1. The van der Waals surface area contributed by atoms with Crippen LogP contribution in [-0.4, -0.2) is 12.8 Å². The molecule has 0 aliphatic rings. The summed E-state index contributed by atoms with van der Waals surface area (Å²) in [7, 11) is 0. The molecule has 0 heterocycles. The van der Waals surface area contributed by atoms with Crippen LogP contribution in [0.1, 0.15) is 12.5 Å². The Morgan fingerprint density at radius 3 is 2.54 bits per heavy atom. The molecular weight excluding hydrogens is 209 g/mol. The zero-order valence-electron chi connectivity index (χ0n) is 7.13. The van der Waals surface area contributed by atoms with E-state index in [1.54, 1.807) is 18.2 Å². The average Bonchev–Trinajstić information content (AvgIpc) is 2.10. The molecule has 0 amide bonds. The smallest absolute Gasteiger partial charge is 0.114 e. The Bertz CT molecular complexity index is 292. The third kappa shape index (κ3) is 2.90. The highest BCUT2D eigenvalue weighted by Crippen LogP contribution is 2.22. The predicted octanol–water partition coefficient (Wildman–Crippen LogP) is 3.36. The van der Waals surface area contributed by atoms with Crippen molar-refractivity contribution in [1.29, 1.82) is 0 Å². The number of nitrogens with zero attached hydrogens (tertiary/aromatic N) is 1. The van der Waals surface area contributed by atoms with E-state index in [1.165, 1.54) is 6.21 Å². The maximum absolute atomic E-state index is 5.88. The fraction of sp³-hybridized carbons (Fsp3) is 0.222. The van der Waals surface area contributed by atoms with Crippen LogP contribution in [0, 0.1) is 0 Å². The molecule has 0 unspecified atom stereocenters. The summed E-state index contributed by atoms with van der Waals surface area (Å²) in [4.78, 5) is 4.80. The molecule has 0 bridgehead atoms. The molecule has 70 valence electrons. The van der Waals surface area contributed by atoms with Crippen LogP contribution in [0.4, 0.5) is 0 Å². The molecule has 4 heteroatoms. The molecule has 0 aromatic heterocycles. The first kappa shape index (κ1) is 10.4. The van der Waals surface area contributed by atoms with Crippen molar-refractivity contribution in [3.63, 3.8) is 0 Å². The van der Waals surface area contributed by atoms with Crippen LogP contribution in [0.25, 0.3) is 0 Å². The van der Waals surface area contributed by atoms with E-state index in [4.69, 9.17) is 28.0 Å². The minimum absolute atomic E-state index is 0.526. The van der Waals surface area contributed by atoms with Crippen LogP contribution in [0.3, 0.4) is 0 Å². The maximum Gasteiger partial charge on any atom is 0.114 e. The van der Waals surface area contributed by atoms with Gasteiger partial charge < -0.3 is 4.84 Å². The standard InChI is InChI=1S/C9H9Cl2NO/c1-2-13-12-6-7-8(10)4-3-5-9(7)11/h3-6H,2H2,1H3. The SMILES string of the molecule is CCON=Cc1c(Cl)cccc1Cl. The normalized spacial score (nSPS) is 10.7. The van der Waals surface area contributed by atoms with E-state index in [1.807, 2.05) is 6.92 Å². The molecule has 13 heavy (non-hydrogen) atoms. The lowest BCUT2D eigenvalue weighted by atomic mass is 10.2. The van der Waals surface area contributed by atoms with Crippen molar-refractivity contribution in [2.45, 2.75) is 6.92 Å². The number of rotatable bonds is 3. The fourth-order valence-electron chi connectivity index (χ4n) is 0.799. The second-order valence-electron chi connectivity index (χ2n) is 2.29. The lowest BCUT2D eigenvalue weighted by Crippen LogP contribution is -1.87. The van der Waals surface area contributed by atoms with Crippen LogP contribution < -0.4 is 0 Å². The second-order valence-corrected chi connectivity index (χ2v) is 3.10. The molecule has 0 aliphatic heterocycles. The van der Waals surface area contributed by atoms with Gasteiger partial charge in [0.2, 0.25) is 0 Å². The van der Waals surface area contributed by atoms with Crippen molar-refractivity contribution in [1.82, 2.24) is 0 Å². The number of benzene rings is 1. The van der Waals surface area contributed by atoms with Crippen molar-refractivity contribution in [2.24, 2.45) is 5.16 Å². The Hall–Kier alpha value is -0.730. The summed E-state index contributed by atoms with van der Waals surface area (Å²) in [5.41, 5.74) is 0.680. The number of hydrogen-bond donors (Lipinski definition) is 0. The molecule has 0 saturated carbocycles. The van der Waals surface area contributed by atoms with Gasteiger partial charge in [-0.3, -0.25) is 0 Å². The lowest BCUT2D eigenvalue weighted by Gasteiger charge is -1.99. The zero-order chi connectivity index (χ0) is 9.68. The third-order valence-corrected chi connectivity index (χ3v) is 2.04. The van der Waals surface area contributed by atoms with E-state index in [2.05, 4.69) is 5.16 Å². The molecule has 0 saturated heterocycles. The van der Waals surface area contributed by atoms with Crippen molar-refractivity contribution < 1.29 is 4.84 Å². The Balaban J connectivity index is 2.87. The summed E-state index contributed by atoms with van der Waals surface area (Å²) in [6, 6.07) is 5.28. The van der Waals surface area contributed by atoms with Crippen LogP contribution in [0.15, 0.2) is 23.4 Å². The molecule has 2 nitrogen and oxygen atoms in total. The Kier molecular flexibility index (Phi) is 4.06. The van der Waals surface area contributed by atoms with E-state index in [-0.39, 0.29) is 0 Å². The molecule has 1 aromatic carbocycles. The topological polar surface area (TPSA) is 21.6 Å². The summed E-state index contributed by atoms with van der Waals surface area (Å²) in [6.45, 7) is 2.38. The molecule has 0 atom stereocenters. The van der Waals surface area contributed by atoms with E-state index < -0.39 is 0 Å². The minimum Gasteiger partial charge on any atom is -0.396 e. The van der Waals surface area contributed by atoms with E-state index in [0.717, 1.165) is 0 Å². The summed E-state index contributed by atoms with van der Waals surface area (Å²) < 4.78 is 0. The van der Waals surface area contributed by atoms with Crippen molar-refractivity contribution in [2.75, 3.05) is 6.61 Å². The Morgan fingerprint density at radius 2 is 2.00 bits per heavy atom. The first-order chi connectivity index (χ1) is 6.25. The average molecular weight is 218 g/mol. The van der Waals surface area contributed by atoms with Gasteiger partial charge in [0.05, 0.1) is 16.3 Å². The van der Waals surface area contributed by atoms with Crippen LogP contribution in [0.2, 0.25) is 10.0 Å². The van der Waals surface area contributed by atoms with Gasteiger partial charge in [-0.2, -0.15) is 0 Å². The minimum atomic E-state index is 0.526. The van der Waals surface area contributed by atoms with E-state index in [9.17, 15) is 0 Å². The van der Waals surface area contributed by atoms with Crippen molar-refractivity contribution in [3.8, 4) is 0 Å². The zero-order valence-corrected chi connectivity index (χ0v) is 8.64. The Labute approximate surface area is 87.1 Å². The van der Waals surface area contributed by atoms with Crippen molar-refractivity contribution in [3.05, 3.63) is 33.8 Å². The predicted molar refractivity (Wildman–Crippen MR) is 55.7 cm³/mol. The van der Waals surface area contributed by atoms with Gasteiger partial charge in [-0.05, 0) is 19.1 Å². The van der Waals surface area contributed by atoms with Gasteiger partial charge in [-0.15, -0.1) is 0 Å². The number of halogens is 2. The molecule has 1 rings (SSSR count). The van der Waals surface area contributed by atoms with Gasteiger partial charge in [0, 0.05) is 5.56 Å². The monoisotopic (exact) mass is 217 g/mol. The van der Waals surface area contributed by atoms with Crippen molar-refractivity contribution >= 4 is 29.4 Å². The van der Waals surface area contributed by atoms with E-state index >= 15 is 0 Å². The first-order valence-corrected chi connectivity index (χ1v) is 4.60. The van der Waals surface area contributed by atoms with Gasteiger partial charge in [-0.25, -0.2) is 0 Å².